The third kappa shape index (κ3) is 5.21. The van der Waals surface area contributed by atoms with Crippen LogP contribution in [-0.2, 0) is 4.79 Å². The summed E-state index contributed by atoms with van der Waals surface area (Å²) in [5.74, 6) is 0.0850. The van der Waals surface area contributed by atoms with Gasteiger partial charge in [0.2, 0.25) is 0 Å². The van der Waals surface area contributed by atoms with E-state index in [0.29, 0.717) is 26.9 Å². The smallest absolute Gasteiger partial charge is 0.314 e. The van der Waals surface area contributed by atoms with Crippen LogP contribution in [0.15, 0.2) is 48.5 Å². The van der Waals surface area contributed by atoms with Crippen LogP contribution in [0.4, 0.5) is 0 Å². The van der Waals surface area contributed by atoms with Gasteiger partial charge >= 0.3 is 5.97 Å². The molecule has 0 saturated heterocycles. The van der Waals surface area contributed by atoms with Crippen molar-refractivity contribution >= 4 is 41.0 Å². The van der Waals surface area contributed by atoms with Gasteiger partial charge in [0, 0.05) is 21.2 Å². The van der Waals surface area contributed by atoms with E-state index in [4.69, 9.17) is 27.9 Å². The average Bonchev–Trinajstić information content (AvgIpc) is 2.68. The number of allylic oxidation sites excluding steroid dienone is 1. The summed E-state index contributed by atoms with van der Waals surface area (Å²) in [5, 5.41) is 0.966. The predicted molar refractivity (Wildman–Crippen MR) is 108 cm³/mol. The second-order valence-corrected chi connectivity index (χ2v) is 7.43. The first-order valence-corrected chi connectivity index (χ1v) is 9.78. The molecule has 0 N–H and O–H groups in total. The van der Waals surface area contributed by atoms with E-state index in [1.165, 1.54) is 12.5 Å². The zero-order chi connectivity index (χ0) is 19.2. The van der Waals surface area contributed by atoms with Gasteiger partial charge in [-0.1, -0.05) is 48.5 Å². The molecule has 0 radical (unpaired) electrons. The predicted octanol–water partition coefficient (Wildman–Crippen LogP) is 6.38. The molecule has 0 amide bonds. The van der Waals surface area contributed by atoms with E-state index >= 15 is 0 Å². The number of carbonyl (C=O) groups is 2. The highest BCUT2D eigenvalue weighted by atomic mass is 35.5. The number of ketones is 1. The van der Waals surface area contributed by atoms with Crippen molar-refractivity contribution in [3.8, 4) is 5.75 Å². The Balaban J connectivity index is 1.63. The van der Waals surface area contributed by atoms with Crippen LogP contribution in [0.1, 0.15) is 48.0 Å². The van der Waals surface area contributed by atoms with Crippen LogP contribution >= 0.6 is 23.2 Å². The van der Waals surface area contributed by atoms with Crippen LogP contribution in [0, 0.1) is 5.92 Å². The second-order valence-electron chi connectivity index (χ2n) is 6.61. The molecule has 0 spiro atoms. The first kappa shape index (κ1) is 19.7. The average molecular weight is 403 g/mol. The van der Waals surface area contributed by atoms with Crippen molar-refractivity contribution in [1.82, 2.24) is 0 Å². The Kier molecular flexibility index (Phi) is 6.70. The largest absolute Gasteiger partial charge is 0.426 e. The molecule has 1 aliphatic carbocycles. The lowest BCUT2D eigenvalue weighted by Gasteiger charge is -2.19. The van der Waals surface area contributed by atoms with Crippen LogP contribution in [0.3, 0.4) is 0 Å². The van der Waals surface area contributed by atoms with E-state index in [-0.39, 0.29) is 17.7 Å². The third-order valence-electron chi connectivity index (χ3n) is 4.70. The van der Waals surface area contributed by atoms with E-state index in [2.05, 4.69) is 0 Å². The number of rotatable bonds is 5. The molecule has 0 bridgehead atoms. The summed E-state index contributed by atoms with van der Waals surface area (Å²) in [6.07, 6.45) is 8.16. The van der Waals surface area contributed by atoms with Gasteiger partial charge in [-0.2, -0.15) is 0 Å². The highest BCUT2D eigenvalue weighted by Crippen LogP contribution is 2.27. The van der Waals surface area contributed by atoms with Crippen molar-refractivity contribution in [1.29, 1.82) is 0 Å². The molecule has 0 atom stereocenters. The second kappa shape index (κ2) is 9.20. The van der Waals surface area contributed by atoms with E-state index in [1.54, 1.807) is 48.5 Å². The number of carbonyl (C=O) groups excluding carboxylic acids is 2. The van der Waals surface area contributed by atoms with Gasteiger partial charge in [0.25, 0.3) is 0 Å². The molecule has 0 unspecified atom stereocenters. The molecule has 0 aromatic heterocycles. The van der Waals surface area contributed by atoms with Gasteiger partial charge in [-0.15, -0.1) is 0 Å². The van der Waals surface area contributed by atoms with E-state index in [1.807, 2.05) is 0 Å². The molecule has 2 aromatic carbocycles. The van der Waals surface area contributed by atoms with Crippen molar-refractivity contribution in [2.75, 3.05) is 0 Å². The van der Waals surface area contributed by atoms with E-state index in [0.717, 1.165) is 25.7 Å². The maximum atomic E-state index is 12.3. The molecular weight excluding hydrogens is 383 g/mol. The van der Waals surface area contributed by atoms with Crippen LogP contribution in [0.5, 0.6) is 5.75 Å². The fourth-order valence-electron chi connectivity index (χ4n) is 3.15. The van der Waals surface area contributed by atoms with E-state index in [9.17, 15) is 9.59 Å². The molecule has 1 aliphatic rings. The summed E-state index contributed by atoms with van der Waals surface area (Å²) in [6.45, 7) is 0. The van der Waals surface area contributed by atoms with E-state index < -0.39 is 0 Å². The Bertz CT molecular complexity index is 830. The van der Waals surface area contributed by atoms with Crippen LogP contribution in [0.25, 0.3) is 6.08 Å². The van der Waals surface area contributed by atoms with Crippen molar-refractivity contribution < 1.29 is 14.3 Å². The monoisotopic (exact) mass is 402 g/mol. The number of ether oxygens (including phenoxy) is 1. The Morgan fingerprint density at radius 3 is 2.19 bits per heavy atom. The van der Waals surface area contributed by atoms with Crippen molar-refractivity contribution in [3.05, 3.63) is 69.7 Å². The van der Waals surface area contributed by atoms with Crippen molar-refractivity contribution in [2.45, 2.75) is 32.1 Å². The van der Waals surface area contributed by atoms with Crippen LogP contribution < -0.4 is 4.74 Å². The lowest BCUT2D eigenvalue weighted by atomic mass is 9.89. The normalized spacial score (nSPS) is 15.0. The number of esters is 1. The molecule has 5 heteroatoms. The fraction of sp³-hybridized carbons (Fsp3) is 0.273. The highest BCUT2D eigenvalue weighted by Gasteiger charge is 2.22. The Hall–Kier alpha value is -2.10. The summed E-state index contributed by atoms with van der Waals surface area (Å²) in [5.41, 5.74) is 1.10. The maximum absolute atomic E-state index is 12.3. The minimum atomic E-state index is -0.184. The van der Waals surface area contributed by atoms with Crippen LogP contribution in [0.2, 0.25) is 10.0 Å². The molecule has 3 nitrogen and oxygen atoms in total. The zero-order valence-corrected chi connectivity index (χ0v) is 16.3. The van der Waals surface area contributed by atoms with Gasteiger partial charge in [0.15, 0.2) is 5.78 Å². The minimum Gasteiger partial charge on any atom is -0.426 e. The van der Waals surface area contributed by atoms with Gasteiger partial charge in [-0.3, -0.25) is 9.59 Å². The Morgan fingerprint density at radius 2 is 1.56 bits per heavy atom. The van der Waals surface area contributed by atoms with Crippen molar-refractivity contribution in [2.24, 2.45) is 5.92 Å². The third-order valence-corrected chi connectivity index (χ3v) is 5.36. The van der Waals surface area contributed by atoms with Gasteiger partial charge in [-0.05, 0) is 61.4 Å². The number of benzene rings is 2. The first-order chi connectivity index (χ1) is 13.0. The molecule has 0 aliphatic heterocycles. The molecule has 1 fully saturated rings. The number of hydrogen-bond acceptors (Lipinski definition) is 3. The lowest BCUT2D eigenvalue weighted by molar-refractivity contribution is -0.139. The summed E-state index contributed by atoms with van der Waals surface area (Å²) in [4.78, 5) is 24.5. The summed E-state index contributed by atoms with van der Waals surface area (Å²) < 4.78 is 5.45. The number of halogens is 2. The van der Waals surface area contributed by atoms with Gasteiger partial charge in [-0.25, -0.2) is 0 Å². The molecule has 1 saturated carbocycles. The fourth-order valence-corrected chi connectivity index (χ4v) is 3.67. The quantitative estimate of drug-likeness (QED) is 0.252. The molecule has 0 heterocycles. The zero-order valence-electron chi connectivity index (χ0n) is 14.8. The topological polar surface area (TPSA) is 43.4 Å². The van der Waals surface area contributed by atoms with Gasteiger partial charge in [0.05, 0.1) is 5.92 Å². The van der Waals surface area contributed by atoms with Gasteiger partial charge in [0.1, 0.15) is 5.75 Å². The Morgan fingerprint density at radius 1 is 0.926 bits per heavy atom. The van der Waals surface area contributed by atoms with Crippen LogP contribution in [-0.4, -0.2) is 11.8 Å². The summed E-state index contributed by atoms with van der Waals surface area (Å²) in [6, 6.07) is 11.8. The molecular formula is C22H20Cl2O3. The highest BCUT2D eigenvalue weighted by molar-refractivity contribution is 6.37. The summed E-state index contributed by atoms with van der Waals surface area (Å²) >= 11 is 12.2. The summed E-state index contributed by atoms with van der Waals surface area (Å²) in [7, 11) is 0. The van der Waals surface area contributed by atoms with Crippen molar-refractivity contribution in [3.63, 3.8) is 0 Å². The number of hydrogen-bond donors (Lipinski definition) is 0. The van der Waals surface area contributed by atoms with Gasteiger partial charge < -0.3 is 4.74 Å². The molecule has 27 heavy (non-hydrogen) atoms. The molecule has 140 valence electrons. The minimum absolute atomic E-state index is 0.0108. The lowest BCUT2D eigenvalue weighted by Crippen LogP contribution is -2.22. The standard InChI is InChI=1S/C22H20Cl2O3/c23-19-7-4-8-20(24)18(19)13-14-21(25)15-9-11-17(12-10-15)27-22(26)16-5-2-1-3-6-16/h4,7-14,16H,1-3,5-6H2/b14-13+. The maximum Gasteiger partial charge on any atom is 0.314 e. The molecule has 2 aromatic rings. The Labute approximate surface area is 168 Å². The molecule has 3 rings (SSSR count). The SMILES string of the molecule is O=C(/C=C/c1c(Cl)cccc1Cl)c1ccc(OC(=O)C2CCCCC2)cc1. The first-order valence-electron chi connectivity index (χ1n) is 9.03.